The molecule has 0 spiro atoms. The molecule has 1 saturated heterocycles. The van der Waals surface area contributed by atoms with Crippen molar-refractivity contribution in [2.75, 3.05) is 19.8 Å². The molecular weight excluding hydrogens is 128 g/mol. The van der Waals surface area contributed by atoms with Crippen LogP contribution in [-0.4, -0.2) is 42.9 Å². The van der Waals surface area contributed by atoms with Crippen LogP contribution in [0.25, 0.3) is 0 Å². The smallest absolute Gasteiger partial charge is 0.548 e. The second-order valence-electron chi connectivity index (χ2n) is 1.11. The van der Waals surface area contributed by atoms with Crippen LogP contribution in [0.5, 0.6) is 0 Å². The molecule has 1 aliphatic rings. The molecule has 0 aromatic heterocycles. The first-order chi connectivity index (χ1) is 4.00. The number of rotatable bonds is 0. The minimum absolute atomic E-state index is 0. The fraction of sp³-hybridized carbons (Fsp3) is 0.667. The first-order valence-electron chi connectivity index (χ1n) is 2.72. The maximum Gasteiger partial charge on any atom is 2.00 e. The Morgan fingerprint density at radius 1 is 1.33 bits per heavy atom. The Hall–Kier alpha value is 0.686. The van der Waals surface area contributed by atoms with Gasteiger partial charge in [0.2, 0.25) is 0 Å². The molecule has 2 nitrogen and oxygen atoms in total. The minimum atomic E-state index is 0. The van der Waals surface area contributed by atoms with Gasteiger partial charge >= 0.3 is 23.1 Å². The predicted octanol–water partition coefficient (Wildman–Crippen LogP) is 0.655. The van der Waals surface area contributed by atoms with Crippen LogP contribution >= 0.6 is 0 Å². The van der Waals surface area contributed by atoms with Crippen LogP contribution in [-0.2, 0) is 9.47 Å². The topological polar surface area (TPSA) is 18.5 Å². The summed E-state index contributed by atoms with van der Waals surface area (Å²) in [6.45, 7) is 8.79. The van der Waals surface area contributed by atoms with Crippen molar-refractivity contribution >= 4 is 23.1 Å². The second kappa shape index (κ2) is 11.5. The van der Waals surface area contributed by atoms with E-state index in [4.69, 9.17) is 9.47 Å². The molecule has 0 atom stereocenters. The molecule has 0 bridgehead atoms. The Labute approximate surface area is 73.1 Å². The van der Waals surface area contributed by atoms with Crippen LogP contribution in [0, 0.1) is 13.5 Å². The van der Waals surface area contributed by atoms with Gasteiger partial charge < -0.3 is 16.4 Å². The van der Waals surface area contributed by atoms with E-state index in [-0.39, 0.29) is 23.1 Å². The van der Waals surface area contributed by atoms with E-state index in [2.05, 4.69) is 6.92 Å². The van der Waals surface area contributed by atoms with Crippen LogP contribution < -0.4 is 0 Å². The van der Waals surface area contributed by atoms with E-state index in [0.717, 1.165) is 13.2 Å². The molecule has 9 heavy (non-hydrogen) atoms. The zero-order valence-corrected chi connectivity index (χ0v) is 7.34. The van der Waals surface area contributed by atoms with Gasteiger partial charge in [-0.05, 0) is 0 Å². The van der Waals surface area contributed by atoms with E-state index in [1.807, 2.05) is 0 Å². The van der Waals surface area contributed by atoms with Crippen molar-refractivity contribution in [3.8, 4) is 0 Å². The van der Waals surface area contributed by atoms with Crippen molar-refractivity contribution < 1.29 is 9.47 Å². The van der Waals surface area contributed by atoms with Gasteiger partial charge in [0.25, 0.3) is 0 Å². The molecule has 0 radical (unpaired) electrons. The fourth-order valence-corrected chi connectivity index (χ4v) is 0.370. The number of ether oxygens (including phenoxy) is 2. The molecule has 50 valence electrons. The molecule has 1 heterocycles. The summed E-state index contributed by atoms with van der Waals surface area (Å²) < 4.78 is 9.71. The molecule has 3 heteroatoms. The number of hydrogen-bond donors (Lipinski definition) is 0. The summed E-state index contributed by atoms with van der Waals surface area (Å²) in [5.41, 5.74) is 0. The van der Waals surface area contributed by atoms with Gasteiger partial charge in [0, 0.05) is 6.61 Å². The summed E-state index contributed by atoms with van der Waals surface area (Å²) >= 11 is 0. The molecule has 0 unspecified atom stereocenters. The van der Waals surface area contributed by atoms with E-state index < -0.39 is 0 Å². The third-order valence-corrected chi connectivity index (χ3v) is 0.649. The summed E-state index contributed by atoms with van der Waals surface area (Å²) in [4.78, 5) is 0. The van der Waals surface area contributed by atoms with Gasteiger partial charge in [-0.2, -0.15) is 13.5 Å². The van der Waals surface area contributed by atoms with Gasteiger partial charge in [0.15, 0.2) is 0 Å². The molecule has 0 amide bonds. The second-order valence-corrected chi connectivity index (χ2v) is 1.11. The van der Waals surface area contributed by atoms with Crippen LogP contribution in [0.1, 0.15) is 6.92 Å². The average Bonchev–Trinajstić information content (AvgIpc) is 1.96. The number of hydrogen-bond acceptors (Lipinski definition) is 2. The Balaban J connectivity index is 0. The molecule has 0 aromatic carbocycles. The summed E-state index contributed by atoms with van der Waals surface area (Å²) in [5, 5.41) is 0. The molecule has 1 aliphatic heterocycles. The van der Waals surface area contributed by atoms with Crippen molar-refractivity contribution in [3.05, 3.63) is 13.5 Å². The molecule has 0 aromatic rings. The quantitative estimate of drug-likeness (QED) is 0.363. The molecule has 0 saturated carbocycles. The van der Waals surface area contributed by atoms with Crippen molar-refractivity contribution in [2.24, 2.45) is 0 Å². The van der Waals surface area contributed by atoms with Gasteiger partial charge in [0.1, 0.15) is 0 Å². The predicted molar refractivity (Wildman–Crippen MR) is 37.9 cm³/mol. The van der Waals surface area contributed by atoms with Gasteiger partial charge in [-0.3, -0.25) is 0 Å². The van der Waals surface area contributed by atoms with E-state index in [1.165, 1.54) is 0 Å². The third-order valence-electron chi connectivity index (χ3n) is 0.649. The normalized spacial score (nSPS) is 16.7. The van der Waals surface area contributed by atoms with E-state index in [1.54, 1.807) is 13.5 Å². The molecule has 0 N–H and O–H groups in total. The molecule has 1 rings (SSSR count). The standard InChI is InChI=1S/C4H7O2.C2H5.Mg/c1-2-6-4-3-5-1;1-2;/h1H,2-4H2;1H2,2H3;/q2*-1;+2. The van der Waals surface area contributed by atoms with Crippen LogP contribution in [0.2, 0.25) is 0 Å². The Morgan fingerprint density at radius 3 is 2.11 bits per heavy atom. The van der Waals surface area contributed by atoms with Crippen molar-refractivity contribution in [1.29, 1.82) is 0 Å². The first-order valence-corrected chi connectivity index (χ1v) is 2.72. The van der Waals surface area contributed by atoms with Crippen molar-refractivity contribution in [3.63, 3.8) is 0 Å². The summed E-state index contributed by atoms with van der Waals surface area (Å²) in [5.74, 6) is 0. The molecule has 1 fully saturated rings. The van der Waals surface area contributed by atoms with E-state index in [0.29, 0.717) is 6.61 Å². The SMILES string of the molecule is [CH-]1COCCO1.[CH2-]C.[Mg+2]. The first kappa shape index (κ1) is 12.4. The summed E-state index contributed by atoms with van der Waals surface area (Å²) in [7, 11) is 0. The minimum Gasteiger partial charge on any atom is -0.548 e. The Bertz CT molecular complexity index is 26.5. The largest absolute Gasteiger partial charge is 2.00 e. The maximum atomic E-state index is 4.89. The summed E-state index contributed by atoms with van der Waals surface area (Å²) in [6.07, 6.45) is 0. The average molecular weight is 140 g/mol. The van der Waals surface area contributed by atoms with Crippen molar-refractivity contribution in [2.45, 2.75) is 6.92 Å². The van der Waals surface area contributed by atoms with Gasteiger partial charge in [-0.25, -0.2) is 0 Å². The van der Waals surface area contributed by atoms with E-state index in [9.17, 15) is 0 Å². The van der Waals surface area contributed by atoms with E-state index >= 15 is 0 Å². The fourth-order valence-electron chi connectivity index (χ4n) is 0.370. The van der Waals surface area contributed by atoms with Gasteiger partial charge in [0.05, 0.1) is 6.61 Å². The maximum absolute atomic E-state index is 4.89. The Kier molecular flexibility index (Phi) is 15.8. The Morgan fingerprint density at radius 2 is 2.00 bits per heavy atom. The monoisotopic (exact) mass is 140 g/mol. The van der Waals surface area contributed by atoms with Crippen LogP contribution in [0.3, 0.4) is 0 Å². The molecular formula is C6H12MgO2. The summed E-state index contributed by atoms with van der Waals surface area (Å²) in [6, 6.07) is 0. The van der Waals surface area contributed by atoms with Gasteiger partial charge in [-0.1, -0.05) is 6.61 Å². The van der Waals surface area contributed by atoms with Crippen LogP contribution in [0.15, 0.2) is 0 Å². The van der Waals surface area contributed by atoms with Crippen LogP contribution in [0.4, 0.5) is 0 Å². The zero-order valence-electron chi connectivity index (χ0n) is 5.93. The molecule has 0 aliphatic carbocycles. The van der Waals surface area contributed by atoms with Gasteiger partial charge in [-0.15, -0.1) is 0 Å². The van der Waals surface area contributed by atoms with Crippen molar-refractivity contribution in [1.82, 2.24) is 0 Å². The third kappa shape index (κ3) is 8.69. The zero-order chi connectivity index (χ0) is 6.24.